The van der Waals surface area contributed by atoms with Crippen LogP contribution in [0.15, 0.2) is 48.2 Å². The number of nitrogens with one attached hydrogen (secondary N) is 1. The van der Waals surface area contributed by atoms with Gasteiger partial charge in [0.1, 0.15) is 5.70 Å². The van der Waals surface area contributed by atoms with E-state index in [4.69, 9.17) is 0 Å². The summed E-state index contributed by atoms with van der Waals surface area (Å²) in [5.74, 6) is -0.486. The molecule has 3 rings (SSSR count). The lowest BCUT2D eigenvalue weighted by Gasteiger charge is -2.14. The van der Waals surface area contributed by atoms with Crippen LogP contribution in [-0.4, -0.2) is 23.3 Å². The van der Waals surface area contributed by atoms with Crippen molar-refractivity contribution in [2.45, 2.75) is 34.1 Å². The summed E-state index contributed by atoms with van der Waals surface area (Å²) in [4.78, 5) is 27.2. The lowest BCUT2D eigenvalue weighted by atomic mass is 10.0. The molecular formula is C22H24N2O2. The van der Waals surface area contributed by atoms with Crippen molar-refractivity contribution >= 4 is 23.1 Å². The first-order valence-corrected chi connectivity index (χ1v) is 8.94. The lowest BCUT2D eigenvalue weighted by molar-refractivity contribution is -0.136. The average Bonchev–Trinajstić information content (AvgIpc) is 2.83. The molecule has 1 aliphatic rings. The van der Waals surface area contributed by atoms with Gasteiger partial charge in [-0.15, -0.1) is 0 Å². The fraction of sp³-hybridized carbons (Fsp3) is 0.273. The Balaban J connectivity index is 2.09. The Morgan fingerprint density at radius 2 is 1.54 bits per heavy atom. The van der Waals surface area contributed by atoms with Gasteiger partial charge in [0.15, 0.2) is 0 Å². The highest BCUT2D eigenvalue weighted by Crippen LogP contribution is 2.31. The number of carbonyl (C=O) groups excluding carboxylic acids is 2. The summed E-state index contributed by atoms with van der Waals surface area (Å²) in [6.45, 7) is 8.40. The number of benzene rings is 2. The van der Waals surface area contributed by atoms with E-state index in [0.29, 0.717) is 17.8 Å². The maximum atomic E-state index is 12.9. The summed E-state index contributed by atoms with van der Waals surface area (Å²) in [7, 11) is 0. The van der Waals surface area contributed by atoms with E-state index in [9.17, 15) is 9.59 Å². The van der Waals surface area contributed by atoms with Crippen molar-refractivity contribution in [1.82, 2.24) is 4.90 Å². The zero-order chi connectivity index (χ0) is 18.8. The topological polar surface area (TPSA) is 49.4 Å². The first-order chi connectivity index (χ1) is 12.4. The highest BCUT2D eigenvalue weighted by Gasteiger charge is 2.38. The number of rotatable bonds is 5. The van der Waals surface area contributed by atoms with E-state index in [1.54, 1.807) is 0 Å². The number of aryl methyl sites for hydroxylation is 3. The van der Waals surface area contributed by atoms with Gasteiger partial charge in [0, 0.05) is 12.2 Å². The van der Waals surface area contributed by atoms with Crippen LogP contribution in [0.3, 0.4) is 0 Å². The van der Waals surface area contributed by atoms with Gasteiger partial charge in [-0.3, -0.25) is 14.5 Å². The zero-order valence-electron chi connectivity index (χ0n) is 15.7. The predicted molar refractivity (Wildman–Crippen MR) is 105 cm³/mol. The minimum Gasteiger partial charge on any atom is -0.350 e. The smallest absolute Gasteiger partial charge is 0.278 e. The van der Waals surface area contributed by atoms with Gasteiger partial charge in [0.25, 0.3) is 11.8 Å². The summed E-state index contributed by atoms with van der Waals surface area (Å²) < 4.78 is 0. The Bertz CT molecular complexity index is 895. The van der Waals surface area contributed by atoms with Crippen LogP contribution in [0, 0.1) is 20.8 Å². The normalized spacial score (nSPS) is 14.4. The molecule has 0 atom stereocenters. The number of anilines is 1. The summed E-state index contributed by atoms with van der Waals surface area (Å²) in [5.41, 5.74) is 5.72. The van der Waals surface area contributed by atoms with E-state index >= 15 is 0 Å². The van der Waals surface area contributed by atoms with Crippen molar-refractivity contribution in [2.75, 3.05) is 11.9 Å². The van der Waals surface area contributed by atoms with Crippen molar-refractivity contribution in [2.24, 2.45) is 0 Å². The Morgan fingerprint density at radius 3 is 2.15 bits per heavy atom. The number of carbonyl (C=O) groups is 2. The molecule has 1 aliphatic heterocycles. The van der Waals surface area contributed by atoms with Gasteiger partial charge in [0.2, 0.25) is 0 Å². The monoisotopic (exact) mass is 348 g/mol. The molecule has 2 amide bonds. The van der Waals surface area contributed by atoms with Gasteiger partial charge in [0.05, 0.1) is 5.57 Å². The lowest BCUT2D eigenvalue weighted by Crippen LogP contribution is -2.33. The van der Waals surface area contributed by atoms with Crippen LogP contribution in [0.5, 0.6) is 0 Å². The van der Waals surface area contributed by atoms with Crippen LogP contribution in [0.25, 0.3) is 5.57 Å². The zero-order valence-corrected chi connectivity index (χ0v) is 15.7. The number of hydrogen-bond acceptors (Lipinski definition) is 3. The molecular weight excluding hydrogens is 324 g/mol. The Labute approximate surface area is 154 Å². The molecule has 1 N–H and O–H groups in total. The molecule has 0 bridgehead atoms. The van der Waals surface area contributed by atoms with Crippen LogP contribution in [0.1, 0.15) is 35.6 Å². The van der Waals surface area contributed by atoms with Crippen molar-refractivity contribution in [3.8, 4) is 0 Å². The summed E-state index contributed by atoms with van der Waals surface area (Å²) in [6.07, 6.45) is 0.732. The van der Waals surface area contributed by atoms with Gasteiger partial charge in [-0.25, -0.2) is 0 Å². The third-order valence-electron chi connectivity index (χ3n) is 4.60. The molecule has 2 aromatic carbocycles. The maximum Gasteiger partial charge on any atom is 0.278 e. The first-order valence-electron chi connectivity index (χ1n) is 8.94. The van der Waals surface area contributed by atoms with Crippen LogP contribution >= 0.6 is 0 Å². The number of imide groups is 1. The second-order valence-electron chi connectivity index (χ2n) is 6.82. The van der Waals surface area contributed by atoms with Gasteiger partial charge in [-0.05, 0) is 44.4 Å². The minimum atomic E-state index is -0.257. The molecule has 0 radical (unpaired) electrons. The highest BCUT2D eigenvalue weighted by molar-refractivity contribution is 6.36. The molecule has 0 saturated heterocycles. The fourth-order valence-corrected chi connectivity index (χ4v) is 3.20. The van der Waals surface area contributed by atoms with E-state index in [-0.39, 0.29) is 11.8 Å². The van der Waals surface area contributed by atoms with Gasteiger partial charge >= 0.3 is 0 Å². The van der Waals surface area contributed by atoms with Crippen LogP contribution < -0.4 is 5.32 Å². The maximum absolute atomic E-state index is 12.9. The quantitative estimate of drug-likeness (QED) is 0.823. The van der Waals surface area contributed by atoms with E-state index < -0.39 is 0 Å². The fourth-order valence-electron chi connectivity index (χ4n) is 3.20. The number of nitrogens with zero attached hydrogens (tertiary/aromatic N) is 1. The van der Waals surface area contributed by atoms with Crippen LogP contribution in [0.2, 0.25) is 0 Å². The summed E-state index contributed by atoms with van der Waals surface area (Å²) >= 11 is 0. The van der Waals surface area contributed by atoms with E-state index in [0.717, 1.165) is 34.4 Å². The Kier molecular flexibility index (Phi) is 4.94. The second-order valence-corrected chi connectivity index (χ2v) is 6.82. The van der Waals surface area contributed by atoms with Gasteiger partial charge in [-0.1, -0.05) is 54.4 Å². The SMILES string of the molecule is CCCN1C(=O)C(Nc2ccc(C)cc2C)=C(c2ccc(C)cc2)C1=O. The number of hydrogen-bond donors (Lipinski definition) is 1. The molecule has 26 heavy (non-hydrogen) atoms. The molecule has 0 unspecified atom stereocenters. The molecule has 134 valence electrons. The molecule has 0 saturated carbocycles. The Hall–Kier alpha value is -2.88. The molecule has 0 aromatic heterocycles. The summed E-state index contributed by atoms with van der Waals surface area (Å²) in [5, 5.41) is 3.24. The first kappa shape index (κ1) is 17.9. The van der Waals surface area contributed by atoms with Crippen LogP contribution in [-0.2, 0) is 9.59 Å². The van der Waals surface area contributed by atoms with E-state index in [1.807, 2.05) is 64.1 Å². The Morgan fingerprint density at radius 1 is 0.885 bits per heavy atom. The standard InChI is InChI=1S/C22H24N2O2/c1-5-12-24-21(25)19(17-9-6-14(2)7-10-17)20(22(24)26)23-18-11-8-15(3)13-16(18)4/h6-11,13,23H,5,12H2,1-4H3. The van der Waals surface area contributed by atoms with Crippen molar-refractivity contribution in [3.63, 3.8) is 0 Å². The third kappa shape index (κ3) is 3.27. The minimum absolute atomic E-state index is 0.229. The molecule has 2 aromatic rings. The van der Waals surface area contributed by atoms with Crippen molar-refractivity contribution in [1.29, 1.82) is 0 Å². The van der Waals surface area contributed by atoms with Crippen LogP contribution in [0.4, 0.5) is 5.69 Å². The molecule has 4 heteroatoms. The average molecular weight is 348 g/mol. The molecule has 0 spiro atoms. The molecule has 0 fully saturated rings. The van der Waals surface area contributed by atoms with E-state index in [1.165, 1.54) is 4.90 Å². The second kappa shape index (κ2) is 7.16. The molecule has 1 heterocycles. The van der Waals surface area contributed by atoms with Crippen molar-refractivity contribution < 1.29 is 9.59 Å². The van der Waals surface area contributed by atoms with E-state index in [2.05, 4.69) is 11.4 Å². The highest BCUT2D eigenvalue weighted by atomic mass is 16.2. The van der Waals surface area contributed by atoms with Gasteiger partial charge in [-0.2, -0.15) is 0 Å². The van der Waals surface area contributed by atoms with Gasteiger partial charge < -0.3 is 5.32 Å². The molecule has 0 aliphatic carbocycles. The predicted octanol–water partition coefficient (Wildman–Crippen LogP) is 4.21. The number of amides is 2. The molecule has 4 nitrogen and oxygen atoms in total. The van der Waals surface area contributed by atoms with Crippen molar-refractivity contribution in [3.05, 3.63) is 70.4 Å². The summed E-state index contributed by atoms with van der Waals surface area (Å²) in [6, 6.07) is 13.7. The largest absolute Gasteiger partial charge is 0.350 e. The third-order valence-corrected chi connectivity index (χ3v) is 4.60.